The Labute approximate surface area is 111 Å². The molecule has 0 amide bonds. The summed E-state index contributed by atoms with van der Waals surface area (Å²) in [6.07, 6.45) is 4.97. The molecule has 0 aromatic heterocycles. The fraction of sp³-hybridized carbons (Fsp3) is 0.294. The number of hydrogen-bond donors (Lipinski definition) is 0. The van der Waals surface area contributed by atoms with Gasteiger partial charge in [0.15, 0.2) is 0 Å². The van der Waals surface area contributed by atoms with Crippen LogP contribution in [0.5, 0.6) is 0 Å². The molecule has 0 aliphatic heterocycles. The highest BCUT2D eigenvalue weighted by molar-refractivity contribution is 6.57. The average molecular weight is 236 g/mol. The fourth-order valence-corrected chi connectivity index (χ4v) is 2.58. The second-order valence-corrected chi connectivity index (χ2v) is 5.03. The van der Waals surface area contributed by atoms with Crippen LogP contribution in [0.2, 0.25) is 6.32 Å². The molecular formula is C17H21B. The van der Waals surface area contributed by atoms with Crippen molar-refractivity contribution >= 4 is 6.71 Å². The molecular weight excluding hydrogens is 215 g/mol. The molecule has 0 bridgehead atoms. The first-order valence-electron chi connectivity index (χ1n) is 6.96. The van der Waals surface area contributed by atoms with Gasteiger partial charge in [-0.1, -0.05) is 91.5 Å². The maximum absolute atomic E-state index is 2.28. The largest absolute Gasteiger partial charge is 0.149 e. The SMILES string of the molecule is CCCB(Cc1ccccc1)Cc1ccccc1. The molecule has 0 fully saturated rings. The van der Waals surface area contributed by atoms with E-state index >= 15 is 0 Å². The lowest BCUT2D eigenvalue weighted by atomic mass is 9.40. The van der Waals surface area contributed by atoms with Gasteiger partial charge in [-0.3, -0.25) is 0 Å². The first-order valence-corrected chi connectivity index (χ1v) is 6.96. The summed E-state index contributed by atoms with van der Waals surface area (Å²) in [7, 11) is 0. The molecule has 0 unspecified atom stereocenters. The molecule has 1 heteroatoms. The zero-order valence-electron chi connectivity index (χ0n) is 11.2. The standard InChI is InChI=1S/C17H21B/c1-2-13-18(14-16-9-5-3-6-10-16)15-17-11-7-4-8-12-17/h3-12H,2,13-15H2,1H3. The normalized spacial score (nSPS) is 10.3. The topological polar surface area (TPSA) is 0 Å². The average Bonchev–Trinajstić information content (AvgIpc) is 2.41. The summed E-state index contributed by atoms with van der Waals surface area (Å²) >= 11 is 0. The predicted molar refractivity (Wildman–Crippen MR) is 81.1 cm³/mol. The van der Waals surface area contributed by atoms with Crippen molar-refractivity contribution in [2.24, 2.45) is 0 Å². The number of benzene rings is 2. The van der Waals surface area contributed by atoms with Crippen LogP contribution in [0, 0.1) is 0 Å². The van der Waals surface area contributed by atoms with Gasteiger partial charge < -0.3 is 0 Å². The van der Waals surface area contributed by atoms with E-state index in [0.29, 0.717) is 0 Å². The van der Waals surface area contributed by atoms with E-state index in [1.165, 1.54) is 36.5 Å². The van der Waals surface area contributed by atoms with Crippen LogP contribution in [0.25, 0.3) is 0 Å². The van der Waals surface area contributed by atoms with E-state index in [1.807, 2.05) is 0 Å². The highest BCUT2D eigenvalue weighted by Crippen LogP contribution is 2.12. The predicted octanol–water partition coefficient (Wildman–Crippen LogP) is 4.46. The van der Waals surface area contributed by atoms with Gasteiger partial charge in [-0.25, -0.2) is 0 Å². The van der Waals surface area contributed by atoms with E-state index in [-0.39, 0.29) is 0 Å². The maximum Gasteiger partial charge on any atom is 0.149 e. The molecule has 0 N–H and O–H groups in total. The summed E-state index contributed by atoms with van der Waals surface area (Å²) in [5.41, 5.74) is 2.93. The quantitative estimate of drug-likeness (QED) is 0.650. The third-order valence-corrected chi connectivity index (χ3v) is 3.43. The first-order chi connectivity index (χ1) is 8.88. The van der Waals surface area contributed by atoms with Gasteiger partial charge in [-0.05, 0) is 12.6 Å². The molecule has 0 aliphatic rings. The Kier molecular flexibility index (Phi) is 5.07. The lowest BCUT2D eigenvalue weighted by molar-refractivity contribution is 1.03. The number of rotatable bonds is 6. The van der Waals surface area contributed by atoms with Crippen molar-refractivity contribution in [2.45, 2.75) is 32.3 Å². The van der Waals surface area contributed by atoms with Gasteiger partial charge in [-0.15, -0.1) is 0 Å². The summed E-state index contributed by atoms with van der Waals surface area (Å²) < 4.78 is 0. The van der Waals surface area contributed by atoms with E-state index in [1.54, 1.807) is 0 Å². The first kappa shape index (κ1) is 12.9. The van der Waals surface area contributed by atoms with E-state index in [4.69, 9.17) is 0 Å². The van der Waals surface area contributed by atoms with Crippen molar-refractivity contribution in [1.82, 2.24) is 0 Å². The van der Waals surface area contributed by atoms with Crippen molar-refractivity contribution in [3.05, 3.63) is 71.8 Å². The van der Waals surface area contributed by atoms with Crippen LogP contribution in [0.4, 0.5) is 0 Å². The third kappa shape index (κ3) is 4.07. The zero-order valence-corrected chi connectivity index (χ0v) is 11.2. The molecule has 0 spiro atoms. The van der Waals surface area contributed by atoms with Crippen molar-refractivity contribution in [3.63, 3.8) is 0 Å². The fourth-order valence-electron chi connectivity index (χ4n) is 2.58. The van der Waals surface area contributed by atoms with Crippen molar-refractivity contribution in [2.75, 3.05) is 0 Å². The molecule has 0 nitrogen and oxygen atoms in total. The van der Waals surface area contributed by atoms with Crippen LogP contribution in [0.1, 0.15) is 24.5 Å². The molecule has 0 atom stereocenters. The van der Waals surface area contributed by atoms with Crippen LogP contribution in [-0.2, 0) is 12.6 Å². The molecule has 0 heterocycles. The molecule has 2 aromatic carbocycles. The minimum absolute atomic E-state index is 0.764. The van der Waals surface area contributed by atoms with Crippen LogP contribution in [0.3, 0.4) is 0 Å². The Morgan fingerprint density at radius 3 is 1.56 bits per heavy atom. The van der Waals surface area contributed by atoms with Gasteiger partial charge in [-0.2, -0.15) is 0 Å². The summed E-state index contributed by atoms with van der Waals surface area (Å²) in [5.74, 6) is 0. The van der Waals surface area contributed by atoms with Crippen molar-refractivity contribution in [1.29, 1.82) is 0 Å². The Hall–Kier alpha value is -1.50. The highest BCUT2D eigenvalue weighted by Gasteiger charge is 2.13. The van der Waals surface area contributed by atoms with E-state index in [9.17, 15) is 0 Å². The molecule has 0 saturated heterocycles. The Balaban J connectivity index is 2.00. The van der Waals surface area contributed by atoms with Crippen LogP contribution in [0.15, 0.2) is 60.7 Å². The second kappa shape index (κ2) is 7.05. The van der Waals surface area contributed by atoms with Gasteiger partial charge in [0, 0.05) is 0 Å². The molecule has 0 radical (unpaired) electrons. The molecule has 92 valence electrons. The third-order valence-electron chi connectivity index (χ3n) is 3.43. The van der Waals surface area contributed by atoms with Crippen LogP contribution >= 0.6 is 0 Å². The highest BCUT2D eigenvalue weighted by atomic mass is 13.9. The Bertz CT molecular complexity index is 394. The van der Waals surface area contributed by atoms with Gasteiger partial charge >= 0.3 is 0 Å². The molecule has 0 saturated carbocycles. The van der Waals surface area contributed by atoms with Gasteiger partial charge in [0.05, 0.1) is 0 Å². The van der Waals surface area contributed by atoms with Gasteiger partial charge in [0.25, 0.3) is 0 Å². The molecule has 2 rings (SSSR count). The van der Waals surface area contributed by atoms with Crippen LogP contribution < -0.4 is 0 Å². The minimum Gasteiger partial charge on any atom is -0.0739 e. The lowest BCUT2D eigenvalue weighted by Gasteiger charge is -2.13. The van der Waals surface area contributed by atoms with Crippen molar-refractivity contribution < 1.29 is 0 Å². The van der Waals surface area contributed by atoms with Gasteiger partial charge in [0.2, 0.25) is 0 Å². The molecule has 18 heavy (non-hydrogen) atoms. The van der Waals surface area contributed by atoms with E-state index < -0.39 is 0 Å². The van der Waals surface area contributed by atoms with Gasteiger partial charge in [0.1, 0.15) is 6.71 Å². The van der Waals surface area contributed by atoms with Crippen LogP contribution in [-0.4, -0.2) is 6.71 Å². The second-order valence-electron chi connectivity index (χ2n) is 5.03. The lowest BCUT2D eigenvalue weighted by Crippen LogP contribution is -2.20. The van der Waals surface area contributed by atoms with E-state index in [2.05, 4.69) is 67.6 Å². The monoisotopic (exact) mass is 236 g/mol. The Morgan fingerprint density at radius 2 is 1.17 bits per heavy atom. The van der Waals surface area contributed by atoms with Crippen molar-refractivity contribution in [3.8, 4) is 0 Å². The number of hydrogen-bond acceptors (Lipinski definition) is 0. The minimum atomic E-state index is 0.764. The molecule has 0 aliphatic carbocycles. The summed E-state index contributed by atoms with van der Waals surface area (Å²) in [6.45, 7) is 3.04. The summed E-state index contributed by atoms with van der Waals surface area (Å²) in [5, 5.41) is 0. The summed E-state index contributed by atoms with van der Waals surface area (Å²) in [6, 6.07) is 21.7. The summed E-state index contributed by atoms with van der Waals surface area (Å²) in [4.78, 5) is 0. The smallest absolute Gasteiger partial charge is 0.0739 e. The Morgan fingerprint density at radius 1 is 0.722 bits per heavy atom. The maximum atomic E-state index is 2.28. The molecule has 2 aromatic rings. The van der Waals surface area contributed by atoms with E-state index in [0.717, 1.165) is 6.71 Å². The zero-order chi connectivity index (χ0) is 12.6.